The molecule has 1 aromatic heterocycles. The van der Waals surface area contributed by atoms with Gasteiger partial charge in [0.05, 0.1) is 29.0 Å². The highest BCUT2D eigenvalue weighted by Crippen LogP contribution is 2.45. The number of aromatic nitrogens is 1. The van der Waals surface area contributed by atoms with E-state index in [1.54, 1.807) is 11.3 Å². The Kier molecular flexibility index (Phi) is 21.5. The lowest BCUT2D eigenvalue weighted by molar-refractivity contribution is -0.141. The number of carbonyl (C=O) groups excluding carboxylic acids is 1. The van der Waals surface area contributed by atoms with Gasteiger partial charge in [-0.25, -0.2) is 4.98 Å². The fourth-order valence-corrected chi connectivity index (χ4v) is 12.8. The average Bonchev–Trinajstić information content (AvgIpc) is 3.49. The molecule has 0 saturated carbocycles. The van der Waals surface area contributed by atoms with Crippen molar-refractivity contribution in [1.29, 1.82) is 0 Å². The molecule has 362 valence electrons. The number of rotatable bonds is 23. The van der Waals surface area contributed by atoms with Crippen molar-refractivity contribution < 1.29 is 22.5 Å². The van der Waals surface area contributed by atoms with E-state index in [1.807, 2.05) is 18.4 Å². The zero-order valence-electron chi connectivity index (χ0n) is 45.1. The standard InChI is InChI=1S/C50H98ClNO5SSi4/c1-36(30-31-42(55-60(21,22)47(8,9)10)41(51)34-40-35-58-39(4)52-40)28-27-29-37(2)44(57-62(25,26)49(14,15)16)38(3)45(53)50(17,18)43(56-61(23,24)48(11,12)13)32-33-54-59(19,20)46(5,6)7/h30,34-35,37-38,42-44H,27-29,31-33H2,1-26H3/t37-,38+,42-,43-,44-/m0/s1. The van der Waals surface area contributed by atoms with Crippen molar-refractivity contribution in [1.82, 2.24) is 4.98 Å². The Labute approximate surface area is 397 Å². The lowest BCUT2D eigenvalue weighted by atomic mass is 9.73. The number of hydrogen-bond acceptors (Lipinski definition) is 7. The summed E-state index contributed by atoms with van der Waals surface area (Å²) >= 11 is 8.69. The van der Waals surface area contributed by atoms with E-state index in [4.69, 9.17) is 29.3 Å². The molecule has 1 heterocycles. The predicted octanol–water partition coefficient (Wildman–Crippen LogP) is 17.0. The first kappa shape index (κ1) is 59.8. The van der Waals surface area contributed by atoms with Crippen LogP contribution in [0.5, 0.6) is 0 Å². The van der Waals surface area contributed by atoms with Gasteiger partial charge in [-0.3, -0.25) is 4.79 Å². The fourth-order valence-electron chi connectivity index (χ4n) is 6.57. The largest absolute Gasteiger partial charge is 0.417 e. The smallest absolute Gasteiger partial charge is 0.192 e. The monoisotopic (exact) mass is 972 g/mol. The minimum Gasteiger partial charge on any atom is -0.417 e. The maximum absolute atomic E-state index is 15.2. The van der Waals surface area contributed by atoms with Crippen LogP contribution in [0.4, 0.5) is 0 Å². The van der Waals surface area contributed by atoms with Gasteiger partial charge in [0.1, 0.15) is 5.78 Å². The van der Waals surface area contributed by atoms with Crippen LogP contribution < -0.4 is 0 Å². The fraction of sp³-hybridized carbons (Fsp3) is 0.840. The van der Waals surface area contributed by atoms with Crippen molar-refractivity contribution in [3.05, 3.63) is 32.8 Å². The van der Waals surface area contributed by atoms with E-state index in [-0.39, 0.29) is 56.1 Å². The Balaban J connectivity index is 3.47. The quantitative estimate of drug-likeness (QED) is 0.0804. The first-order chi connectivity index (χ1) is 27.5. The molecular weight excluding hydrogens is 874 g/mol. The van der Waals surface area contributed by atoms with Crippen LogP contribution in [0.1, 0.15) is 161 Å². The summed E-state index contributed by atoms with van der Waals surface area (Å²) < 4.78 is 28.3. The second-order valence-electron chi connectivity index (χ2n) is 25.3. The van der Waals surface area contributed by atoms with Crippen LogP contribution in [-0.4, -0.2) is 69.0 Å². The SMILES string of the molecule is CC(=CC[C@H](O[Si](C)(C)C(C)(C)C)C(Cl)=Cc1csc(C)n1)CCC[C@H](C)[C@H](O[Si](C)(C)C(C)(C)C)[C@@H](C)C(=O)C(C)(C)[C@H](CCO[Si](C)(C)C(C)(C)C)O[Si](C)(C)C(C)(C)C. The van der Waals surface area contributed by atoms with Gasteiger partial charge in [-0.05, 0) is 130 Å². The minimum atomic E-state index is -2.24. The van der Waals surface area contributed by atoms with E-state index in [0.717, 1.165) is 30.0 Å². The van der Waals surface area contributed by atoms with Crippen LogP contribution in [0.3, 0.4) is 0 Å². The van der Waals surface area contributed by atoms with Crippen molar-refractivity contribution in [2.24, 2.45) is 17.3 Å². The van der Waals surface area contributed by atoms with Gasteiger partial charge in [-0.1, -0.05) is 134 Å². The third-order valence-electron chi connectivity index (χ3n) is 15.4. The Hall–Kier alpha value is -0.222. The molecule has 0 aliphatic carbocycles. The Morgan fingerprint density at radius 1 is 0.742 bits per heavy atom. The zero-order valence-corrected chi connectivity index (χ0v) is 50.7. The number of nitrogens with zero attached hydrogens (tertiary/aromatic N) is 1. The van der Waals surface area contributed by atoms with E-state index in [1.165, 1.54) is 5.57 Å². The minimum absolute atomic E-state index is 0.00771. The van der Waals surface area contributed by atoms with Gasteiger partial charge in [0, 0.05) is 28.4 Å². The first-order valence-corrected chi connectivity index (χ1v) is 36.6. The highest BCUT2D eigenvalue weighted by atomic mass is 35.5. The molecule has 0 N–H and O–H groups in total. The van der Waals surface area contributed by atoms with Gasteiger partial charge in [-0.2, -0.15) is 0 Å². The summed E-state index contributed by atoms with van der Waals surface area (Å²) in [6.45, 7) is 59.3. The van der Waals surface area contributed by atoms with Gasteiger partial charge in [0.25, 0.3) is 0 Å². The van der Waals surface area contributed by atoms with E-state index in [9.17, 15) is 0 Å². The summed E-state index contributed by atoms with van der Waals surface area (Å²) in [6.07, 6.45) is 7.92. The Bertz CT molecular complexity index is 1640. The van der Waals surface area contributed by atoms with Crippen LogP contribution in [-0.2, 0) is 22.5 Å². The number of carbonyl (C=O) groups is 1. The van der Waals surface area contributed by atoms with E-state index in [2.05, 4.69) is 181 Å². The van der Waals surface area contributed by atoms with Gasteiger partial charge in [-0.15, -0.1) is 11.3 Å². The highest BCUT2D eigenvalue weighted by molar-refractivity contribution is 7.09. The number of Topliss-reactive ketones (excluding diaryl/α,β-unsaturated/α-hetero) is 1. The van der Waals surface area contributed by atoms with E-state index in [0.29, 0.717) is 24.5 Å². The maximum Gasteiger partial charge on any atom is 0.192 e. The lowest BCUT2D eigenvalue weighted by Crippen LogP contribution is -2.54. The summed E-state index contributed by atoms with van der Waals surface area (Å²) in [5.41, 5.74) is 1.47. The molecule has 0 aromatic carbocycles. The van der Waals surface area contributed by atoms with Crippen LogP contribution in [0.15, 0.2) is 22.1 Å². The number of halogens is 1. The third-order valence-corrected chi connectivity index (χ3v) is 34.5. The van der Waals surface area contributed by atoms with Crippen LogP contribution in [0, 0.1) is 24.2 Å². The topological polar surface area (TPSA) is 66.9 Å². The zero-order chi connectivity index (χ0) is 48.9. The van der Waals surface area contributed by atoms with Crippen molar-refractivity contribution in [2.75, 3.05) is 6.61 Å². The molecule has 0 aliphatic rings. The number of thiazole rings is 1. The summed E-state index contributed by atoms with van der Waals surface area (Å²) in [4.78, 5) is 19.8. The molecule has 0 amide bonds. The molecule has 0 unspecified atom stereocenters. The van der Waals surface area contributed by atoms with Gasteiger partial charge in [0.15, 0.2) is 33.3 Å². The molecule has 0 radical (unpaired) electrons. The predicted molar refractivity (Wildman–Crippen MR) is 284 cm³/mol. The summed E-state index contributed by atoms with van der Waals surface area (Å²) in [6, 6.07) is 0. The molecule has 62 heavy (non-hydrogen) atoms. The van der Waals surface area contributed by atoms with Crippen molar-refractivity contribution >= 4 is 68.1 Å². The summed E-state index contributed by atoms with van der Waals surface area (Å²) in [5.74, 6) is 0.105. The van der Waals surface area contributed by atoms with Gasteiger partial charge in [0.2, 0.25) is 0 Å². The molecule has 6 nitrogen and oxygen atoms in total. The van der Waals surface area contributed by atoms with Gasteiger partial charge >= 0.3 is 0 Å². The molecule has 0 bridgehead atoms. The van der Waals surface area contributed by atoms with Crippen molar-refractivity contribution in [3.8, 4) is 0 Å². The molecule has 0 fully saturated rings. The Morgan fingerprint density at radius 2 is 1.21 bits per heavy atom. The number of aryl methyl sites for hydroxylation is 1. The molecule has 0 saturated heterocycles. The molecule has 1 rings (SSSR count). The maximum atomic E-state index is 15.2. The molecular formula is C50H98ClNO5SSi4. The third kappa shape index (κ3) is 17.1. The van der Waals surface area contributed by atoms with Crippen molar-refractivity contribution in [2.45, 2.75) is 248 Å². The van der Waals surface area contributed by atoms with Gasteiger partial charge < -0.3 is 17.7 Å². The number of ketones is 1. The Morgan fingerprint density at radius 3 is 1.66 bits per heavy atom. The molecule has 5 atom stereocenters. The lowest BCUT2D eigenvalue weighted by Gasteiger charge is -2.47. The molecule has 12 heteroatoms. The molecule has 0 aliphatic heterocycles. The van der Waals surface area contributed by atoms with Crippen LogP contribution >= 0.6 is 22.9 Å². The molecule has 1 aromatic rings. The number of allylic oxidation sites excluding steroid dienone is 1. The normalized spacial score (nSPS) is 17.5. The van der Waals surface area contributed by atoms with Crippen LogP contribution in [0.2, 0.25) is 72.5 Å². The van der Waals surface area contributed by atoms with E-state index >= 15 is 4.79 Å². The summed E-state index contributed by atoms with van der Waals surface area (Å²) in [5, 5.41) is 3.95. The summed E-state index contributed by atoms with van der Waals surface area (Å²) in [7, 11) is -8.57. The second-order valence-corrected chi connectivity index (χ2v) is 45.9. The van der Waals surface area contributed by atoms with Crippen LogP contribution in [0.25, 0.3) is 6.08 Å². The molecule has 0 spiro atoms. The highest BCUT2D eigenvalue weighted by Gasteiger charge is 2.50. The second kappa shape index (κ2) is 22.3. The number of hydrogen-bond donors (Lipinski definition) is 0. The van der Waals surface area contributed by atoms with Crippen molar-refractivity contribution in [3.63, 3.8) is 0 Å². The average molecular weight is 973 g/mol. The van der Waals surface area contributed by atoms with E-state index < -0.39 is 38.7 Å². The first-order valence-electron chi connectivity index (χ1n) is 23.7.